The summed E-state index contributed by atoms with van der Waals surface area (Å²) in [5, 5.41) is 12.7. The molecule has 1 atom stereocenters. The van der Waals surface area contributed by atoms with Crippen molar-refractivity contribution in [3.8, 4) is 0 Å². The summed E-state index contributed by atoms with van der Waals surface area (Å²) >= 11 is 12.3. The largest absolute Gasteiger partial charge is 0.478 e. The smallest absolute Gasteiger partial charge is 0.338 e. The molecule has 0 radical (unpaired) electrons. The topological polar surface area (TPSA) is 102 Å². The van der Waals surface area contributed by atoms with Gasteiger partial charge in [-0.2, -0.15) is 0 Å². The predicted molar refractivity (Wildman–Crippen MR) is 90.5 cm³/mol. The van der Waals surface area contributed by atoms with Crippen LogP contribution in [0.2, 0.25) is 10.0 Å². The van der Waals surface area contributed by atoms with Crippen LogP contribution >= 0.6 is 23.2 Å². The Kier molecular flexibility index (Phi) is 5.41. The van der Waals surface area contributed by atoms with Crippen molar-refractivity contribution in [1.29, 1.82) is 0 Å². The molecule has 2 rings (SSSR count). The number of hydrogen-bond acceptors (Lipinski definition) is 5. The molecule has 1 aliphatic rings. The van der Waals surface area contributed by atoms with Crippen molar-refractivity contribution in [3.05, 3.63) is 56.5 Å². The molecule has 0 fully saturated rings. The van der Waals surface area contributed by atoms with E-state index in [1.54, 1.807) is 32.0 Å². The van der Waals surface area contributed by atoms with Crippen LogP contribution in [0, 0.1) is 0 Å². The van der Waals surface area contributed by atoms with E-state index < -0.39 is 17.9 Å². The second kappa shape index (κ2) is 7.15. The van der Waals surface area contributed by atoms with Gasteiger partial charge in [-0.05, 0) is 25.5 Å². The van der Waals surface area contributed by atoms with Crippen molar-refractivity contribution >= 4 is 35.1 Å². The molecule has 0 spiro atoms. The molecular weight excluding hydrogens is 355 g/mol. The molecule has 24 heavy (non-hydrogen) atoms. The highest BCUT2D eigenvalue weighted by molar-refractivity contribution is 6.42. The second-order valence-electron chi connectivity index (χ2n) is 5.09. The fraction of sp³-hybridized carbons (Fsp3) is 0.250. The van der Waals surface area contributed by atoms with Gasteiger partial charge in [-0.1, -0.05) is 35.3 Å². The highest BCUT2D eigenvalue weighted by atomic mass is 35.5. The van der Waals surface area contributed by atoms with E-state index in [1.807, 2.05) is 0 Å². The summed E-state index contributed by atoms with van der Waals surface area (Å²) in [5.74, 6) is -2.88. The predicted octanol–water partition coefficient (Wildman–Crippen LogP) is 2.77. The number of dihydropyridines is 1. The van der Waals surface area contributed by atoms with Crippen LogP contribution in [-0.2, 0) is 14.3 Å². The Bertz CT molecular complexity index is 771. The molecule has 0 bridgehead atoms. The number of benzene rings is 1. The number of carboxylic acid groups (broad SMARTS) is 1. The highest BCUT2D eigenvalue weighted by Gasteiger charge is 2.39. The molecule has 0 saturated heterocycles. The monoisotopic (exact) mass is 370 g/mol. The van der Waals surface area contributed by atoms with Gasteiger partial charge in [0.05, 0.1) is 33.7 Å². The number of halogens is 2. The van der Waals surface area contributed by atoms with Crippen LogP contribution in [0.15, 0.2) is 40.9 Å². The molecule has 0 saturated carbocycles. The maximum absolute atomic E-state index is 12.4. The Balaban J connectivity index is 2.73. The molecule has 1 aromatic rings. The Morgan fingerprint density at radius 1 is 1.33 bits per heavy atom. The summed E-state index contributed by atoms with van der Waals surface area (Å²) in [7, 11) is 0. The molecule has 6 nitrogen and oxygen atoms in total. The number of nitrogens with two attached hydrogens (primary N) is 1. The molecule has 1 aromatic carbocycles. The van der Waals surface area contributed by atoms with Crippen LogP contribution in [0.1, 0.15) is 25.3 Å². The zero-order chi connectivity index (χ0) is 18.0. The number of hydrogen-bond donors (Lipinski definition) is 3. The fourth-order valence-electron chi connectivity index (χ4n) is 2.63. The van der Waals surface area contributed by atoms with Crippen molar-refractivity contribution in [2.45, 2.75) is 19.8 Å². The number of nitrogens with one attached hydrogen (secondary N) is 1. The van der Waals surface area contributed by atoms with E-state index >= 15 is 0 Å². The maximum Gasteiger partial charge on any atom is 0.338 e. The lowest BCUT2D eigenvalue weighted by molar-refractivity contribution is -0.138. The van der Waals surface area contributed by atoms with Gasteiger partial charge in [-0.25, -0.2) is 9.59 Å². The third-order valence-corrected chi connectivity index (χ3v) is 4.45. The molecule has 128 valence electrons. The Morgan fingerprint density at radius 3 is 2.58 bits per heavy atom. The number of allylic oxidation sites excluding steroid dienone is 1. The Labute approximate surface area is 148 Å². The van der Waals surface area contributed by atoms with Crippen molar-refractivity contribution in [2.24, 2.45) is 5.73 Å². The van der Waals surface area contributed by atoms with Gasteiger partial charge in [0, 0.05) is 5.70 Å². The van der Waals surface area contributed by atoms with E-state index in [2.05, 4.69) is 5.32 Å². The summed E-state index contributed by atoms with van der Waals surface area (Å²) in [6, 6.07) is 4.80. The Hall–Kier alpha value is -2.18. The SMILES string of the molecule is CCOC(=O)C1=C(N)NC(C)=C(C(=O)O)C1c1cccc(Cl)c1Cl. The van der Waals surface area contributed by atoms with Gasteiger partial charge in [0.15, 0.2) is 0 Å². The quantitative estimate of drug-likeness (QED) is 0.704. The summed E-state index contributed by atoms with van der Waals surface area (Å²) in [6.07, 6.45) is 0. The summed E-state index contributed by atoms with van der Waals surface area (Å²) in [6.45, 7) is 3.33. The van der Waals surface area contributed by atoms with Crippen LogP contribution in [0.5, 0.6) is 0 Å². The van der Waals surface area contributed by atoms with Gasteiger partial charge in [-0.3, -0.25) is 0 Å². The second-order valence-corrected chi connectivity index (χ2v) is 5.88. The molecule has 4 N–H and O–H groups in total. The van der Waals surface area contributed by atoms with Crippen LogP contribution in [0.4, 0.5) is 0 Å². The number of carbonyl (C=O) groups is 2. The first-order valence-electron chi connectivity index (χ1n) is 7.11. The third-order valence-electron chi connectivity index (χ3n) is 3.61. The van der Waals surface area contributed by atoms with Crippen molar-refractivity contribution < 1.29 is 19.4 Å². The van der Waals surface area contributed by atoms with Gasteiger partial charge in [0.2, 0.25) is 0 Å². The molecule has 1 aliphatic heterocycles. The van der Waals surface area contributed by atoms with Crippen LogP contribution in [-0.4, -0.2) is 23.7 Å². The van der Waals surface area contributed by atoms with Crippen molar-refractivity contribution in [2.75, 3.05) is 6.61 Å². The number of carboxylic acids is 1. The van der Waals surface area contributed by atoms with Crippen LogP contribution in [0.25, 0.3) is 0 Å². The molecule has 8 heteroatoms. The summed E-state index contributed by atoms with van der Waals surface area (Å²) in [4.78, 5) is 24.2. The summed E-state index contributed by atoms with van der Waals surface area (Å²) in [5.41, 5.74) is 6.57. The highest BCUT2D eigenvalue weighted by Crippen LogP contribution is 2.42. The van der Waals surface area contributed by atoms with E-state index in [0.29, 0.717) is 11.3 Å². The van der Waals surface area contributed by atoms with E-state index in [4.69, 9.17) is 33.7 Å². The first-order valence-corrected chi connectivity index (χ1v) is 7.86. The molecule has 1 heterocycles. The van der Waals surface area contributed by atoms with Crippen molar-refractivity contribution in [1.82, 2.24) is 5.32 Å². The van der Waals surface area contributed by atoms with Gasteiger partial charge in [0.1, 0.15) is 5.82 Å². The van der Waals surface area contributed by atoms with Gasteiger partial charge >= 0.3 is 11.9 Å². The van der Waals surface area contributed by atoms with Gasteiger partial charge < -0.3 is 20.9 Å². The van der Waals surface area contributed by atoms with E-state index in [-0.39, 0.29) is 33.6 Å². The normalized spacial score (nSPS) is 17.6. The zero-order valence-electron chi connectivity index (χ0n) is 13.0. The minimum atomic E-state index is -1.20. The molecule has 0 amide bonds. The minimum absolute atomic E-state index is 0.0102. The lowest BCUT2D eigenvalue weighted by Crippen LogP contribution is -2.35. The van der Waals surface area contributed by atoms with Gasteiger partial charge in [0.25, 0.3) is 0 Å². The average Bonchev–Trinajstić information content (AvgIpc) is 2.49. The van der Waals surface area contributed by atoms with E-state index in [0.717, 1.165) is 0 Å². The first-order chi connectivity index (χ1) is 11.3. The lowest BCUT2D eigenvalue weighted by Gasteiger charge is -2.29. The van der Waals surface area contributed by atoms with Crippen molar-refractivity contribution in [3.63, 3.8) is 0 Å². The number of ether oxygens (including phenoxy) is 1. The molecule has 1 unspecified atom stereocenters. The van der Waals surface area contributed by atoms with Gasteiger partial charge in [-0.15, -0.1) is 0 Å². The van der Waals surface area contributed by atoms with Crippen LogP contribution in [0.3, 0.4) is 0 Å². The maximum atomic E-state index is 12.4. The number of esters is 1. The molecule has 0 aliphatic carbocycles. The average molecular weight is 371 g/mol. The number of rotatable bonds is 4. The standard InChI is InChI=1S/C16H16Cl2N2O4/c1-3-24-16(23)12-11(8-5-4-6-9(17)13(8)18)10(15(21)22)7(2)20-14(12)19/h4-6,11,20H,3,19H2,1-2H3,(H,21,22). The fourth-order valence-corrected chi connectivity index (χ4v) is 3.04. The van der Waals surface area contributed by atoms with E-state index in [1.165, 1.54) is 0 Å². The molecule has 0 aromatic heterocycles. The zero-order valence-corrected chi connectivity index (χ0v) is 14.5. The molecular formula is C16H16Cl2N2O4. The minimum Gasteiger partial charge on any atom is -0.478 e. The number of aliphatic carboxylic acids is 1. The van der Waals surface area contributed by atoms with Crippen LogP contribution < -0.4 is 11.1 Å². The third kappa shape index (κ3) is 3.20. The number of carbonyl (C=O) groups excluding carboxylic acids is 1. The lowest BCUT2D eigenvalue weighted by atomic mass is 9.81. The van der Waals surface area contributed by atoms with E-state index in [9.17, 15) is 14.7 Å². The summed E-state index contributed by atoms with van der Waals surface area (Å²) < 4.78 is 5.03. The first kappa shape index (κ1) is 18.2. The Morgan fingerprint density at radius 2 is 2.00 bits per heavy atom.